The summed E-state index contributed by atoms with van der Waals surface area (Å²) in [7, 11) is 0. The van der Waals surface area contributed by atoms with E-state index in [-0.39, 0.29) is 11.7 Å². The molecular formula is C15H14N2O2. The van der Waals surface area contributed by atoms with Crippen molar-refractivity contribution in [3.63, 3.8) is 0 Å². The molecule has 1 amide bonds. The van der Waals surface area contributed by atoms with E-state index in [9.17, 15) is 9.59 Å². The topological polar surface area (TPSA) is 59.1 Å². The molecule has 1 heterocycles. The van der Waals surface area contributed by atoms with Crippen molar-refractivity contribution in [2.24, 2.45) is 0 Å². The van der Waals surface area contributed by atoms with E-state index in [4.69, 9.17) is 0 Å². The van der Waals surface area contributed by atoms with Crippen molar-refractivity contribution in [2.75, 3.05) is 5.32 Å². The molecule has 0 saturated heterocycles. The first-order chi connectivity index (χ1) is 9.06. The number of hydrogen-bond acceptors (Lipinski definition) is 3. The second-order valence-corrected chi connectivity index (χ2v) is 4.25. The standard InChI is InChI=1S/C15H14N2O2/c1-10(18)12-4-3-5-13(8-12)14-6-7-16-15(9-14)17-11(2)19/h3-9H,1-2H3,(H,16,17,19). The Labute approximate surface area is 111 Å². The number of aromatic nitrogens is 1. The Morgan fingerprint density at radius 1 is 1.05 bits per heavy atom. The highest BCUT2D eigenvalue weighted by Crippen LogP contribution is 2.22. The molecule has 1 N–H and O–H groups in total. The largest absolute Gasteiger partial charge is 0.311 e. The van der Waals surface area contributed by atoms with Crippen LogP contribution in [0.5, 0.6) is 0 Å². The molecule has 4 heteroatoms. The summed E-state index contributed by atoms with van der Waals surface area (Å²) in [5.74, 6) is 0.360. The molecule has 96 valence electrons. The molecule has 0 unspecified atom stereocenters. The van der Waals surface area contributed by atoms with Crippen LogP contribution in [0.2, 0.25) is 0 Å². The lowest BCUT2D eigenvalue weighted by molar-refractivity contribution is -0.114. The van der Waals surface area contributed by atoms with E-state index in [2.05, 4.69) is 10.3 Å². The molecule has 4 nitrogen and oxygen atoms in total. The Kier molecular flexibility index (Phi) is 3.71. The van der Waals surface area contributed by atoms with Gasteiger partial charge >= 0.3 is 0 Å². The number of carbonyl (C=O) groups excluding carboxylic acids is 2. The van der Waals surface area contributed by atoms with Gasteiger partial charge in [0.05, 0.1) is 0 Å². The van der Waals surface area contributed by atoms with E-state index in [0.717, 1.165) is 11.1 Å². The average molecular weight is 254 g/mol. The van der Waals surface area contributed by atoms with Crippen LogP contribution in [0.3, 0.4) is 0 Å². The van der Waals surface area contributed by atoms with Gasteiger partial charge in [-0.1, -0.05) is 18.2 Å². The Morgan fingerprint density at radius 3 is 2.47 bits per heavy atom. The van der Waals surface area contributed by atoms with E-state index in [0.29, 0.717) is 11.4 Å². The van der Waals surface area contributed by atoms with Crippen LogP contribution in [0, 0.1) is 0 Å². The van der Waals surface area contributed by atoms with Gasteiger partial charge in [0.1, 0.15) is 5.82 Å². The van der Waals surface area contributed by atoms with Gasteiger partial charge in [0.15, 0.2) is 5.78 Å². The molecule has 2 aromatic rings. The number of pyridine rings is 1. The van der Waals surface area contributed by atoms with Crippen LogP contribution in [0.15, 0.2) is 42.6 Å². The molecular weight excluding hydrogens is 240 g/mol. The van der Waals surface area contributed by atoms with E-state index >= 15 is 0 Å². The lowest BCUT2D eigenvalue weighted by Crippen LogP contribution is -2.07. The zero-order chi connectivity index (χ0) is 13.8. The van der Waals surface area contributed by atoms with Crippen LogP contribution in [-0.4, -0.2) is 16.7 Å². The van der Waals surface area contributed by atoms with Gasteiger partial charge in [-0.15, -0.1) is 0 Å². The maximum atomic E-state index is 11.4. The summed E-state index contributed by atoms with van der Waals surface area (Å²) < 4.78 is 0. The smallest absolute Gasteiger partial charge is 0.222 e. The first kappa shape index (κ1) is 13.0. The Morgan fingerprint density at radius 2 is 1.79 bits per heavy atom. The monoisotopic (exact) mass is 254 g/mol. The highest BCUT2D eigenvalue weighted by Gasteiger charge is 2.04. The third kappa shape index (κ3) is 3.25. The van der Waals surface area contributed by atoms with Gasteiger partial charge in [-0.2, -0.15) is 0 Å². The molecule has 0 fully saturated rings. The second-order valence-electron chi connectivity index (χ2n) is 4.25. The quantitative estimate of drug-likeness (QED) is 0.857. The first-order valence-electron chi connectivity index (χ1n) is 5.91. The number of rotatable bonds is 3. The summed E-state index contributed by atoms with van der Waals surface area (Å²) in [4.78, 5) is 26.4. The molecule has 0 aliphatic carbocycles. The number of anilines is 1. The maximum Gasteiger partial charge on any atom is 0.222 e. The lowest BCUT2D eigenvalue weighted by Gasteiger charge is -2.06. The van der Waals surface area contributed by atoms with Crippen LogP contribution in [0.1, 0.15) is 24.2 Å². The number of Topliss-reactive ketones (excluding diaryl/α,β-unsaturated/α-hetero) is 1. The molecule has 0 spiro atoms. The molecule has 0 radical (unpaired) electrons. The predicted molar refractivity (Wildman–Crippen MR) is 74.0 cm³/mol. The summed E-state index contributed by atoms with van der Waals surface area (Å²) in [5.41, 5.74) is 2.49. The van der Waals surface area contributed by atoms with Crippen LogP contribution >= 0.6 is 0 Å². The van der Waals surface area contributed by atoms with Crippen molar-refractivity contribution in [2.45, 2.75) is 13.8 Å². The molecule has 0 atom stereocenters. The number of nitrogens with zero attached hydrogens (tertiary/aromatic N) is 1. The van der Waals surface area contributed by atoms with Crippen LogP contribution in [0.4, 0.5) is 5.82 Å². The summed E-state index contributed by atoms with van der Waals surface area (Å²) in [6.07, 6.45) is 1.63. The zero-order valence-corrected chi connectivity index (χ0v) is 10.8. The van der Waals surface area contributed by atoms with E-state index in [1.165, 1.54) is 13.8 Å². The number of amides is 1. The molecule has 0 saturated carbocycles. The van der Waals surface area contributed by atoms with Crippen LogP contribution in [0.25, 0.3) is 11.1 Å². The van der Waals surface area contributed by atoms with E-state index in [1.807, 2.05) is 24.3 Å². The van der Waals surface area contributed by atoms with Crippen LogP contribution in [-0.2, 0) is 4.79 Å². The van der Waals surface area contributed by atoms with Crippen LogP contribution < -0.4 is 5.32 Å². The van der Waals surface area contributed by atoms with Crippen molar-refractivity contribution in [3.05, 3.63) is 48.2 Å². The normalized spacial score (nSPS) is 10.0. The van der Waals surface area contributed by atoms with Gasteiger partial charge in [0, 0.05) is 18.7 Å². The Bertz CT molecular complexity index is 636. The minimum atomic E-state index is -0.165. The summed E-state index contributed by atoms with van der Waals surface area (Å²) in [6, 6.07) is 11.0. The lowest BCUT2D eigenvalue weighted by atomic mass is 10.0. The van der Waals surface area contributed by atoms with Crippen molar-refractivity contribution >= 4 is 17.5 Å². The molecule has 1 aromatic carbocycles. The zero-order valence-electron chi connectivity index (χ0n) is 10.8. The second kappa shape index (κ2) is 5.44. The number of hydrogen-bond donors (Lipinski definition) is 1. The van der Waals surface area contributed by atoms with E-state index < -0.39 is 0 Å². The summed E-state index contributed by atoms with van der Waals surface area (Å²) in [5, 5.41) is 2.64. The molecule has 1 aromatic heterocycles. The number of ketones is 1. The highest BCUT2D eigenvalue weighted by molar-refractivity contribution is 5.95. The first-order valence-corrected chi connectivity index (χ1v) is 5.91. The fourth-order valence-electron chi connectivity index (χ4n) is 1.78. The molecule has 0 aliphatic heterocycles. The number of carbonyl (C=O) groups is 2. The van der Waals surface area contributed by atoms with Crippen molar-refractivity contribution in [1.82, 2.24) is 4.98 Å². The molecule has 19 heavy (non-hydrogen) atoms. The van der Waals surface area contributed by atoms with Gasteiger partial charge in [0.25, 0.3) is 0 Å². The van der Waals surface area contributed by atoms with E-state index in [1.54, 1.807) is 18.3 Å². The fourth-order valence-corrected chi connectivity index (χ4v) is 1.78. The average Bonchev–Trinajstić information content (AvgIpc) is 2.38. The Hall–Kier alpha value is -2.49. The SMILES string of the molecule is CC(=O)Nc1cc(-c2cccc(C(C)=O)c2)ccn1. The molecule has 2 rings (SSSR count). The summed E-state index contributed by atoms with van der Waals surface area (Å²) in [6.45, 7) is 2.97. The molecule has 0 aliphatic rings. The highest BCUT2D eigenvalue weighted by atomic mass is 16.1. The fraction of sp³-hybridized carbons (Fsp3) is 0.133. The maximum absolute atomic E-state index is 11.4. The number of benzene rings is 1. The van der Waals surface area contributed by atoms with Crippen molar-refractivity contribution < 1.29 is 9.59 Å². The van der Waals surface area contributed by atoms with Crippen molar-refractivity contribution in [1.29, 1.82) is 0 Å². The predicted octanol–water partition coefficient (Wildman–Crippen LogP) is 2.91. The third-order valence-corrected chi connectivity index (χ3v) is 2.67. The van der Waals surface area contributed by atoms with Gasteiger partial charge in [-0.25, -0.2) is 4.98 Å². The summed E-state index contributed by atoms with van der Waals surface area (Å²) >= 11 is 0. The number of nitrogens with one attached hydrogen (secondary N) is 1. The van der Waals surface area contributed by atoms with Gasteiger partial charge in [-0.3, -0.25) is 9.59 Å². The minimum Gasteiger partial charge on any atom is -0.311 e. The Balaban J connectivity index is 2.38. The molecule has 0 bridgehead atoms. The third-order valence-electron chi connectivity index (χ3n) is 2.67. The van der Waals surface area contributed by atoms with Gasteiger partial charge in [0.2, 0.25) is 5.91 Å². The van der Waals surface area contributed by atoms with Gasteiger partial charge < -0.3 is 5.32 Å². The minimum absolute atomic E-state index is 0.0259. The van der Waals surface area contributed by atoms with Crippen molar-refractivity contribution in [3.8, 4) is 11.1 Å². The van der Waals surface area contributed by atoms with Gasteiger partial charge in [-0.05, 0) is 36.2 Å².